The first-order valence-corrected chi connectivity index (χ1v) is 11.3. The molecule has 0 aromatic heterocycles. The molecule has 0 spiro atoms. The van der Waals surface area contributed by atoms with Crippen molar-refractivity contribution in [2.45, 2.75) is 24.7 Å². The van der Waals surface area contributed by atoms with E-state index in [0.29, 0.717) is 37.0 Å². The predicted octanol–water partition coefficient (Wildman–Crippen LogP) is 3.74. The summed E-state index contributed by atoms with van der Waals surface area (Å²) in [6, 6.07) is 13.6. The van der Waals surface area contributed by atoms with Gasteiger partial charge < -0.3 is 10.1 Å². The normalized spacial score (nSPS) is 16.6. The number of nitrogens with one attached hydrogen (secondary N) is 1. The third kappa shape index (κ3) is 5.17. The zero-order valence-corrected chi connectivity index (χ0v) is 18.0. The van der Waals surface area contributed by atoms with Gasteiger partial charge in [-0.25, -0.2) is 8.42 Å². The lowest BCUT2D eigenvalue weighted by molar-refractivity contribution is -0.118. The minimum Gasteiger partial charge on any atom is -0.379 e. The van der Waals surface area contributed by atoms with Gasteiger partial charge in [0, 0.05) is 23.8 Å². The van der Waals surface area contributed by atoms with Crippen molar-refractivity contribution in [2.75, 3.05) is 31.6 Å². The SMILES string of the molecule is CC(C)C(C(=O)Nc1cccc(S(=O)(=O)N2CCOCC2)c1)c1ccc(Cl)cc1. The van der Waals surface area contributed by atoms with Crippen molar-refractivity contribution in [2.24, 2.45) is 5.92 Å². The van der Waals surface area contributed by atoms with Crippen LogP contribution in [0.25, 0.3) is 0 Å². The van der Waals surface area contributed by atoms with Gasteiger partial charge in [-0.1, -0.05) is 43.6 Å². The fourth-order valence-electron chi connectivity index (χ4n) is 3.40. The van der Waals surface area contributed by atoms with Crippen molar-refractivity contribution in [1.29, 1.82) is 0 Å². The van der Waals surface area contributed by atoms with Crippen LogP contribution in [0.5, 0.6) is 0 Å². The molecule has 0 bridgehead atoms. The Morgan fingerprint density at radius 1 is 1.10 bits per heavy atom. The zero-order valence-electron chi connectivity index (χ0n) is 16.5. The van der Waals surface area contributed by atoms with Crippen LogP contribution in [0, 0.1) is 5.92 Å². The lowest BCUT2D eigenvalue weighted by Crippen LogP contribution is -2.40. The zero-order chi connectivity index (χ0) is 21.0. The monoisotopic (exact) mass is 436 g/mol. The van der Waals surface area contributed by atoms with E-state index in [2.05, 4.69) is 5.32 Å². The summed E-state index contributed by atoms with van der Waals surface area (Å²) < 4.78 is 32.4. The number of hydrogen-bond acceptors (Lipinski definition) is 4. The second kappa shape index (κ2) is 9.26. The van der Waals surface area contributed by atoms with E-state index in [1.807, 2.05) is 26.0 Å². The first kappa shape index (κ1) is 21.8. The molecule has 1 unspecified atom stereocenters. The number of anilines is 1. The van der Waals surface area contributed by atoms with Crippen molar-refractivity contribution in [3.63, 3.8) is 0 Å². The largest absolute Gasteiger partial charge is 0.379 e. The molecule has 3 rings (SSSR count). The number of benzene rings is 2. The van der Waals surface area contributed by atoms with Gasteiger partial charge in [0.2, 0.25) is 15.9 Å². The van der Waals surface area contributed by atoms with Crippen LogP contribution in [0.4, 0.5) is 5.69 Å². The second-order valence-electron chi connectivity index (χ2n) is 7.31. The van der Waals surface area contributed by atoms with Crippen LogP contribution in [0.3, 0.4) is 0 Å². The van der Waals surface area contributed by atoms with Gasteiger partial charge in [-0.15, -0.1) is 0 Å². The summed E-state index contributed by atoms with van der Waals surface area (Å²) in [5.41, 5.74) is 1.31. The van der Waals surface area contributed by atoms with E-state index in [0.717, 1.165) is 5.56 Å². The van der Waals surface area contributed by atoms with E-state index in [9.17, 15) is 13.2 Å². The molecule has 1 aliphatic rings. The van der Waals surface area contributed by atoms with Crippen molar-refractivity contribution in [3.8, 4) is 0 Å². The quantitative estimate of drug-likeness (QED) is 0.748. The molecule has 1 atom stereocenters. The molecular weight excluding hydrogens is 412 g/mol. The maximum absolute atomic E-state index is 13.0. The highest BCUT2D eigenvalue weighted by molar-refractivity contribution is 7.89. The van der Waals surface area contributed by atoms with E-state index in [1.54, 1.807) is 30.3 Å². The number of rotatable bonds is 6. The van der Waals surface area contributed by atoms with E-state index < -0.39 is 10.0 Å². The number of sulfonamides is 1. The van der Waals surface area contributed by atoms with Crippen LogP contribution in [-0.4, -0.2) is 44.9 Å². The highest BCUT2D eigenvalue weighted by Gasteiger charge is 2.28. The van der Waals surface area contributed by atoms with Crippen molar-refractivity contribution in [3.05, 3.63) is 59.1 Å². The van der Waals surface area contributed by atoms with Gasteiger partial charge in [0.1, 0.15) is 0 Å². The molecule has 1 N–H and O–H groups in total. The molecule has 2 aromatic rings. The molecule has 1 saturated heterocycles. The van der Waals surface area contributed by atoms with Crippen LogP contribution in [-0.2, 0) is 19.6 Å². The van der Waals surface area contributed by atoms with Crippen molar-refractivity contribution >= 4 is 33.2 Å². The van der Waals surface area contributed by atoms with E-state index in [1.165, 1.54) is 10.4 Å². The number of carbonyl (C=O) groups excluding carboxylic acids is 1. The number of halogens is 1. The van der Waals surface area contributed by atoms with E-state index in [4.69, 9.17) is 16.3 Å². The first-order valence-electron chi connectivity index (χ1n) is 9.53. The number of ether oxygens (including phenoxy) is 1. The number of carbonyl (C=O) groups is 1. The van der Waals surface area contributed by atoms with E-state index >= 15 is 0 Å². The summed E-state index contributed by atoms with van der Waals surface area (Å²) in [4.78, 5) is 13.1. The lowest BCUT2D eigenvalue weighted by atomic mass is 9.87. The molecule has 1 fully saturated rings. The Kier molecular flexibility index (Phi) is 6.95. The third-order valence-electron chi connectivity index (χ3n) is 4.89. The molecule has 156 valence electrons. The molecule has 6 nitrogen and oxygen atoms in total. The summed E-state index contributed by atoms with van der Waals surface area (Å²) >= 11 is 5.96. The third-order valence-corrected chi connectivity index (χ3v) is 7.03. The molecule has 0 aliphatic carbocycles. The summed E-state index contributed by atoms with van der Waals surface area (Å²) in [5.74, 6) is -0.522. The van der Waals surface area contributed by atoms with Crippen LogP contribution in [0.15, 0.2) is 53.4 Å². The summed E-state index contributed by atoms with van der Waals surface area (Å²) in [6.45, 7) is 5.35. The smallest absolute Gasteiger partial charge is 0.243 e. The molecule has 29 heavy (non-hydrogen) atoms. The van der Waals surface area contributed by atoms with Gasteiger partial charge in [0.25, 0.3) is 0 Å². The highest BCUT2D eigenvalue weighted by Crippen LogP contribution is 2.28. The second-order valence-corrected chi connectivity index (χ2v) is 9.68. The first-order chi connectivity index (χ1) is 13.8. The summed E-state index contributed by atoms with van der Waals surface area (Å²) in [5, 5.41) is 3.48. The van der Waals surface area contributed by atoms with Gasteiger partial charge in [-0.2, -0.15) is 4.31 Å². The Hall–Kier alpha value is -1.93. The molecule has 1 amide bonds. The van der Waals surface area contributed by atoms with Gasteiger partial charge >= 0.3 is 0 Å². The van der Waals surface area contributed by atoms with Gasteiger partial charge in [-0.05, 0) is 41.8 Å². The van der Waals surface area contributed by atoms with Crippen LogP contribution >= 0.6 is 11.6 Å². The number of hydrogen-bond donors (Lipinski definition) is 1. The molecule has 0 radical (unpaired) electrons. The van der Waals surface area contributed by atoms with Crippen LogP contribution in [0.1, 0.15) is 25.3 Å². The fraction of sp³-hybridized carbons (Fsp3) is 0.381. The molecule has 0 saturated carbocycles. The Balaban J connectivity index is 1.81. The number of amides is 1. The number of morpholine rings is 1. The topological polar surface area (TPSA) is 75.7 Å². The average molecular weight is 437 g/mol. The molecule has 1 aliphatic heterocycles. The minimum atomic E-state index is -3.63. The Bertz CT molecular complexity index is 955. The standard InChI is InChI=1S/C21H25ClN2O4S/c1-15(2)20(16-6-8-17(22)9-7-16)21(25)23-18-4-3-5-19(14-18)29(26,27)24-10-12-28-13-11-24/h3-9,14-15,20H,10-13H2,1-2H3,(H,23,25). The molecule has 1 heterocycles. The predicted molar refractivity (Wildman–Crippen MR) is 114 cm³/mol. The molecule has 2 aromatic carbocycles. The van der Waals surface area contributed by atoms with Gasteiger partial charge in [0.05, 0.1) is 24.0 Å². The van der Waals surface area contributed by atoms with Crippen molar-refractivity contribution < 1.29 is 17.9 Å². The maximum Gasteiger partial charge on any atom is 0.243 e. The van der Waals surface area contributed by atoms with E-state index in [-0.39, 0.29) is 22.6 Å². The van der Waals surface area contributed by atoms with Crippen molar-refractivity contribution in [1.82, 2.24) is 4.31 Å². The lowest BCUT2D eigenvalue weighted by Gasteiger charge is -2.26. The average Bonchev–Trinajstić information content (AvgIpc) is 2.70. The van der Waals surface area contributed by atoms with Gasteiger partial charge in [0.15, 0.2) is 0 Å². The fourth-order valence-corrected chi connectivity index (χ4v) is 4.98. The van der Waals surface area contributed by atoms with Gasteiger partial charge in [-0.3, -0.25) is 4.79 Å². The van der Waals surface area contributed by atoms with Crippen LogP contribution in [0.2, 0.25) is 5.02 Å². The molecular formula is C21H25ClN2O4S. The maximum atomic E-state index is 13.0. The highest BCUT2D eigenvalue weighted by atomic mass is 35.5. The molecule has 8 heteroatoms. The van der Waals surface area contributed by atoms with Crippen LogP contribution < -0.4 is 5.32 Å². The number of nitrogens with zero attached hydrogens (tertiary/aromatic N) is 1. The minimum absolute atomic E-state index is 0.0523. The Morgan fingerprint density at radius 3 is 2.38 bits per heavy atom. The Morgan fingerprint density at radius 2 is 1.76 bits per heavy atom. The summed E-state index contributed by atoms with van der Waals surface area (Å²) in [7, 11) is -3.63. The summed E-state index contributed by atoms with van der Waals surface area (Å²) in [6.07, 6.45) is 0. The Labute approximate surface area is 176 Å².